The second-order valence-electron chi connectivity index (χ2n) is 5.95. The fourth-order valence-electron chi connectivity index (χ4n) is 3.31. The first-order valence-electron chi connectivity index (χ1n) is 7.76. The lowest BCUT2D eigenvalue weighted by Gasteiger charge is -2.33. The van der Waals surface area contributed by atoms with E-state index in [1.54, 1.807) is 12.4 Å². The Bertz CT molecular complexity index is 840. The van der Waals surface area contributed by atoms with Gasteiger partial charge in [-0.25, -0.2) is 4.98 Å². The van der Waals surface area contributed by atoms with Crippen molar-refractivity contribution in [1.29, 1.82) is 0 Å². The molecule has 5 nitrogen and oxygen atoms in total. The molecule has 0 radical (unpaired) electrons. The van der Waals surface area contributed by atoms with E-state index in [0.717, 1.165) is 36.8 Å². The Morgan fingerprint density at radius 3 is 3.13 bits per heavy atom. The summed E-state index contributed by atoms with van der Waals surface area (Å²) in [4.78, 5) is 22.1. The summed E-state index contributed by atoms with van der Waals surface area (Å²) in [7, 11) is 0. The molecule has 3 aromatic rings. The Kier molecular flexibility index (Phi) is 3.58. The van der Waals surface area contributed by atoms with Crippen LogP contribution in [0.2, 0.25) is 5.02 Å². The number of nitrogens with zero attached hydrogens (tertiary/aromatic N) is 3. The number of likely N-dealkylation sites (tertiary alicyclic amines) is 1. The molecule has 4 rings (SSSR count). The number of aromatic amines is 1. The van der Waals surface area contributed by atoms with Crippen molar-refractivity contribution in [2.24, 2.45) is 0 Å². The van der Waals surface area contributed by atoms with Crippen LogP contribution in [0.4, 0.5) is 0 Å². The maximum Gasteiger partial charge on any atom is 0.256 e. The van der Waals surface area contributed by atoms with E-state index in [1.165, 1.54) is 0 Å². The second kappa shape index (κ2) is 5.74. The fraction of sp³-hybridized carbons (Fsp3) is 0.294. The number of piperidine rings is 1. The summed E-state index contributed by atoms with van der Waals surface area (Å²) in [5.74, 6) is 0.0726. The van der Waals surface area contributed by atoms with Gasteiger partial charge in [0, 0.05) is 47.6 Å². The van der Waals surface area contributed by atoms with Crippen molar-refractivity contribution in [2.75, 3.05) is 13.1 Å². The van der Waals surface area contributed by atoms with Crippen LogP contribution in [-0.2, 0) is 0 Å². The average Bonchev–Trinajstić information content (AvgIpc) is 3.23. The number of amides is 1. The summed E-state index contributed by atoms with van der Waals surface area (Å²) in [6.45, 7) is 1.51. The first-order chi connectivity index (χ1) is 11.2. The van der Waals surface area contributed by atoms with E-state index in [1.807, 2.05) is 35.6 Å². The van der Waals surface area contributed by atoms with Gasteiger partial charge in [-0.1, -0.05) is 17.7 Å². The van der Waals surface area contributed by atoms with E-state index in [0.29, 0.717) is 16.6 Å². The number of fused-ring (bicyclic) bond motifs is 1. The zero-order valence-electron chi connectivity index (χ0n) is 12.6. The molecule has 0 unspecified atom stereocenters. The lowest BCUT2D eigenvalue weighted by molar-refractivity contribution is 0.0681. The number of nitrogens with one attached hydrogen (secondary N) is 1. The van der Waals surface area contributed by atoms with Crippen molar-refractivity contribution < 1.29 is 4.79 Å². The van der Waals surface area contributed by atoms with E-state index in [4.69, 9.17) is 11.6 Å². The minimum absolute atomic E-state index is 0.0726. The Labute approximate surface area is 138 Å². The van der Waals surface area contributed by atoms with E-state index >= 15 is 0 Å². The van der Waals surface area contributed by atoms with Crippen molar-refractivity contribution in [3.8, 4) is 0 Å². The normalized spacial score (nSPS) is 18.5. The molecule has 1 aromatic carbocycles. The molecule has 0 bridgehead atoms. The third-order valence-electron chi connectivity index (χ3n) is 4.50. The van der Waals surface area contributed by atoms with Crippen LogP contribution in [0.5, 0.6) is 0 Å². The van der Waals surface area contributed by atoms with Crippen LogP contribution < -0.4 is 0 Å². The highest BCUT2D eigenvalue weighted by atomic mass is 35.5. The topological polar surface area (TPSA) is 53.9 Å². The summed E-state index contributed by atoms with van der Waals surface area (Å²) >= 11 is 6.01. The van der Waals surface area contributed by atoms with Crippen LogP contribution >= 0.6 is 11.6 Å². The van der Waals surface area contributed by atoms with Crippen LogP contribution in [0.25, 0.3) is 10.9 Å². The van der Waals surface area contributed by atoms with E-state index in [-0.39, 0.29) is 5.91 Å². The third-order valence-corrected chi connectivity index (χ3v) is 4.74. The molecule has 1 saturated heterocycles. The van der Waals surface area contributed by atoms with Crippen LogP contribution in [0.3, 0.4) is 0 Å². The summed E-state index contributed by atoms with van der Waals surface area (Å²) in [5, 5.41) is 1.58. The molecule has 1 aliphatic heterocycles. The predicted octanol–water partition coefficient (Wildman–Crippen LogP) is 3.50. The maximum absolute atomic E-state index is 12.9. The van der Waals surface area contributed by atoms with Crippen LogP contribution in [0, 0.1) is 0 Å². The molecule has 0 aliphatic carbocycles. The number of H-pyrrole nitrogens is 1. The number of hydrogen-bond acceptors (Lipinski definition) is 2. The lowest BCUT2D eigenvalue weighted by atomic mass is 10.0. The number of imidazole rings is 1. The Morgan fingerprint density at radius 2 is 2.30 bits per heavy atom. The van der Waals surface area contributed by atoms with Crippen molar-refractivity contribution in [2.45, 2.75) is 18.9 Å². The first kappa shape index (κ1) is 14.3. The molecular weight excluding hydrogens is 312 g/mol. The molecule has 0 saturated carbocycles. The highest BCUT2D eigenvalue weighted by Gasteiger charge is 2.26. The molecule has 3 heterocycles. The maximum atomic E-state index is 12.9. The molecule has 1 fully saturated rings. The highest BCUT2D eigenvalue weighted by molar-refractivity contribution is 6.31. The molecule has 1 N–H and O–H groups in total. The first-order valence-corrected chi connectivity index (χ1v) is 8.13. The van der Waals surface area contributed by atoms with Gasteiger partial charge in [-0.3, -0.25) is 4.79 Å². The van der Waals surface area contributed by atoms with E-state index in [2.05, 4.69) is 14.5 Å². The number of aromatic nitrogens is 3. The Hall–Kier alpha value is -2.27. The molecular formula is C17H17ClN4O. The minimum Gasteiger partial charge on any atom is -0.360 e. The Morgan fingerprint density at radius 1 is 1.39 bits per heavy atom. The highest BCUT2D eigenvalue weighted by Crippen LogP contribution is 2.26. The molecule has 1 aliphatic rings. The van der Waals surface area contributed by atoms with E-state index in [9.17, 15) is 4.79 Å². The third kappa shape index (κ3) is 2.61. The summed E-state index contributed by atoms with van der Waals surface area (Å²) in [5.41, 5.74) is 1.60. The summed E-state index contributed by atoms with van der Waals surface area (Å²) in [6, 6.07) is 5.87. The van der Waals surface area contributed by atoms with Gasteiger partial charge in [0.15, 0.2) is 0 Å². The van der Waals surface area contributed by atoms with Crippen LogP contribution in [-0.4, -0.2) is 38.4 Å². The SMILES string of the molecule is O=C(c1c[nH]c2cc(Cl)ccc12)N1CCC[C@H](n2ccnc2)C1. The zero-order chi connectivity index (χ0) is 15.8. The Balaban J connectivity index is 1.60. The predicted molar refractivity (Wildman–Crippen MR) is 89.7 cm³/mol. The van der Waals surface area contributed by atoms with Gasteiger partial charge < -0.3 is 14.5 Å². The number of rotatable bonds is 2. The smallest absolute Gasteiger partial charge is 0.256 e. The van der Waals surface area contributed by atoms with Crippen LogP contribution in [0.15, 0.2) is 43.1 Å². The van der Waals surface area contributed by atoms with Crippen molar-refractivity contribution in [3.63, 3.8) is 0 Å². The van der Waals surface area contributed by atoms with Gasteiger partial charge in [0.25, 0.3) is 5.91 Å². The van der Waals surface area contributed by atoms with Crippen molar-refractivity contribution in [1.82, 2.24) is 19.4 Å². The van der Waals surface area contributed by atoms with Gasteiger partial charge in [-0.15, -0.1) is 0 Å². The lowest BCUT2D eigenvalue weighted by Crippen LogP contribution is -2.40. The van der Waals surface area contributed by atoms with Crippen molar-refractivity contribution in [3.05, 3.63) is 53.7 Å². The quantitative estimate of drug-likeness (QED) is 0.782. The zero-order valence-corrected chi connectivity index (χ0v) is 13.3. The number of carbonyl (C=O) groups excluding carboxylic acids is 1. The molecule has 2 aromatic heterocycles. The molecule has 23 heavy (non-hydrogen) atoms. The van der Waals surface area contributed by atoms with E-state index < -0.39 is 0 Å². The second-order valence-corrected chi connectivity index (χ2v) is 6.39. The van der Waals surface area contributed by atoms with Gasteiger partial charge in [-0.2, -0.15) is 0 Å². The van der Waals surface area contributed by atoms with Gasteiger partial charge in [0.2, 0.25) is 0 Å². The fourth-order valence-corrected chi connectivity index (χ4v) is 3.49. The standard InChI is InChI=1S/C17H17ClN4O/c18-12-3-4-14-15(9-20-16(14)8-12)17(23)21-6-1-2-13(10-21)22-7-5-19-11-22/h3-5,7-9,11,13,20H,1-2,6,10H2/t13-/m0/s1. The number of hydrogen-bond donors (Lipinski definition) is 1. The van der Waals surface area contributed by atoms with Crippen molar-refractivity contribution >= 4 is 28.4 Å². The molecule has 6 heteroatoms. The minimum atomic E-state index is 0.0726. The summed E-state index contributed by atoms with van der Waals surface area (Å²) in [6.07, 6.45) is 9.43. The summed E-state index contributed by atoms with van der Waals surface area (Å²) < 4.78 is 2.09. The van der Waals surface area contributed by atoms with Gasteiger partial charge >= 0.3 is 0 Å². The molecule has 1 amide bonds. The average molecular weight is 329 g/mol. The number of carbonyl (C=O) groups is 1. The molecule has 1 atom stereocenters. The van der Waals surface area contributed by atoms with Gasteiger partial charge in [0.05, 0.1) is 17.9 Å². The molecule has 118 valence electrons. The monoisotopic (exact) mass is 328 g/mol. The molecule has 0 spiro atoms. The number of halogens is 1. The van der Waals surface area contributed by atoms with Gasteiger partial charge in [0.1, 0.15) is 0 Å². The number of benzene rings is 1. The van der Waals surface area contributed by atoms with Gasteiger partial charge in [-0.05, 0) is 25.0 Å². The largest absolute Gasteiger partial charge is 0.360 e. The van der Waals surface area contributed by atoms with Crippen LogP contribution in [0.1, 0.15) is 29.2 Å².